The van der Waals surface area contributed by atoms with Gasteiger partial charge < -0.3 is 21.3 Å². The van der Waals surface area contributed by atoms with E-state index < -0.39 is 5.69 Å². The number of rotatable bonds is 10. The van der Waals surface area contributed by atoms with E-state index in [2.05, 4.69) is 27.7 Å². The molecule has 0 unspecified atom stereocenters. The van der Waals surface area contributed by atoms with Gasteiger partial charge in [-0.25, -0.2) is 0 Å². The summed E-state index contributed by atoms with van der Waals surface area (Å²) in [4.78, 5) is 0. The Morgan fingerprint density at radius 2 is 1.28 bits per heavy atom. The summed E-state index contributed by atoms with van der Waals surface area (Å²) in [7, 11) is 0. The minimum atomic E-state index is -2.40. The molecule has 0 spiro atoms. The van der Waals surface area contributed by atoms with Crippen molar-refractivity contribution in [2.75, 3.05) is 13.2 Å². The summed E-state index contributed by atoms with van der Waals surface area (Å²) in [5.41, 5.74) is -2.40. The van der Waals surface area contributed by atoms with E-state index in [4.69, 9.17) is 33.1 Å². The Kier molecular flexibility index (Phi) is 14.9. The molecule has 0 aromatic carbocycles. The molecule has 0 fully saturated rings. The minimum absolute atomic E-state index is 0. The van der Waals surface area contributed by atoms with Crippen LogP contribution >= 0.6 is 5.69 Å². The molecule has 106 valence electrons. The normalized spacial score (nSPS) is 11.9. The molecule has 0 aliphatic heterocycles. The van der Waals surface area contributed by atoms with Crippen molar-refractivity contribution in [2.24, 2.45) is 11.8 Å². The van der Waals surface area contributed by atoms with E-state index in [0.717, 1.165) is 25.7 Å². The van der Waals surface area contributed by atoms with Gasteiger partial charge in [0.05, 0.1) is 18.9 Å². The molecule has 0 radical (unpaired) electrons. The third-order valence-corrected chi connectivity index (χ3v) is 4.61. The van der Waals surface area contributed by atoms with Crippen molar-refractivity contribution in [3.05, 3.63) is 0 Å². The summed E-state index contributed by atoms with van der Waals surface area (Å²) < 4.78 is 11.0. The standard InChI is InChI=1S/C12H27O2PS2.Zn/c1-11(2)7-5-9-13-15(16,17)14-10-6-8-12(3)4;/h11-12H,5-10H2,1-4H3,(H,16,17);/p-1. The third-order valence-electron chi connectivity index (χ3n) is 2.35. The van der Waals surface area contributed by atoms with Crippen LogP contribution in [0.4, 0.5) is 0 Å². The van der Waals surface area contributed by atoms with Crippen molar-refractivity contribution in [3.8, 4) is 0 Å². The second-order valence-electron chi connectivity index (χ2n) is 5.19. The van der Waals surface area contributed by atoms with Gasteiger partial charge in [-0.2, -0.15) is 0 Å². The first-order chi connectivity index (χ1) is 7.83. The topological polar surface area (TPSA) is 18.5 Å². The molecule has 18 heavy (non-hydrogen) atoms. The second-order valence-corrected chi connectivity index (χ2v) is 10.2. The quantitative estimate of drug-likeness (QED) is 0.243. The van der Waals surface area contributed by atoms with E-state index in [1.54, 1.807) is 0 Å². The van der Waals surface area contributed by atoms with E-state index in [1.165, 1.54) is 0 Å². The van der Waals surface area contributed by atoms with Crippen LogP contribution in [0, 0.1) is 11.8 Å². The molecule has 0 aliphatic carbocycles. The van der Waals surface area contributed by atoms with Crippen LogP contribution in [0.25, 0.3) is 0 Å². The molecular formula is C12H26O2PS2Zn-. The molecule has 0 aliphatic rings. The SMILES string of the molecule is CC(C)CCCOP(=S)([S-])OCCCC(C)C.[Zn]. The molecule has 0 bridgehead atoms. The smallest absolute Gasteiger partial charge is 0.0563 e. The predicted molar refractivity (Wildman–Crippen MR) is 81.7 cm³/mol. The first-order valence-electron chi connectivity index (χ1n) is 6.43. The molecule has 0 atom stereocenters. The van der Waals surface area contributed by atoms with Crippen LogP contribution in [0.5, 0.6) is 0 Å². The summed E-state index contributed by atoms with van der Waals surface area (Å²) in [5.74, 6) is 1.40. The minimum Gasteiger partial charge on any atom is -0.691 e. The Morgan fingerprint density at radius 3 is 1.56 bits per heavy atom. The van der Waals surface area contributed by atoms with Crippen molar-refractivity contribution in [1.29, 1.82) is 0 Å². The Labute approximate surface area is 136 Å². The zero-order chi connectivity index (χ0) is 13.3. The van der Waals surface area contributed by atoms with Gasteiger partial charge in [-0.3, -0.25) is 0 Å². The maximum Gasteiger partial charge on any atom is 0.0563 e. The molecule has 2 nitrogen and oxygen atoms in total. The first-order valence-corrected chi connectivity index (χ1v) is 10.1. The Morgan fingerprint density at radius 1 is 0.944 bits per heavy atom. The predicted octanol–water partition coefficient (Wildman–Crippen LogP) is 4.66. The van der Waals surface area contributed by atoms with E-state index in [-0.39, 0.29) is 19.5 Å². The Hall–Kier alpha value is 1.54. The molecule has 0 aromatic rings. The second kappa shape index (κ2) is 12.3. The maximum absolute atomic E-state index is 5.51. The van der Waals surface area contributed by atoms with E-state index in [0.29, 0.717) is 25.0 Å². The largest absolute Gasteiger partial charge is 0.691 e. The van der Waals surface area contributed by atoms with Crippen LogP contribution in [0.15, 0.2) is 0 Å². The molecule has 6 heteroatoms. The van der Waals surface area contributed by atoms with Crippen molar-refractivity contribution in [3.63, 3.8) is 0 Å². The van der Waals surface area contributed by atoms with Gasteiger partial charge in [-0.1, -0.05) is 39.5 Å². The molecule has 0 N–H and O–H groups in total. The summed E-state index contributed by atoms with van der Waals surface area (Å²) >= 11 is 10.4. The van der Waals surface area contributed by atoms with E-state index in [9.17, 15) is 0 Å². The average Bonchev–Trinajstić information content (AvgIpc) is 2.19. The molecule has 0 saturated carbocycles. The van der Waals surface area contributed by atoms with Gasteiger partial charge in [0, 0.05) is 19.5 Å². The molecule has 0 aromatic heterocycles. The van der Waals surface area contributed by atoms with Gasteiger partial charge in [0.1, 0.15) is 0 Å². The fourth-order valence-corrected chi connectivity index (χ4v) is 3.05. The number of hydrogen-bond acceptors (Lipinski definition) is 4. The molecule has 0 rings (SSSR count). The Bertz CT molecular complexity index is 218. The molecular weight excluding hydrogens is 337 g/mol. The zero-order valence-corrected chi connectivity index (χ0v) is 17.7. The molecule has 0 heterocycles. The zero-order valence-electron chi connectivity index (χ0n) is 12.2. The summed E-state index contributed by atoms with van der Waals surface area (Å²) in [6.07, 6.45) is 4.33. The van der Waals surface area contributed by atoms with Crippen molar-refractivity contribution < 1.29 is 28.5 Å². The fraction of sp³-hybridized carbons (Fsp3) is 1.00. The van der Waals surface area contributed by atoms with Crippen LogP contribution in [-0.2, 0) is 52.6 Å². The molecule has 0 amide bonds. The van der Waals surface area contributed by atoms with Gasteiger partial charge >= 0.3 is 0 Å². The number of hydrogen-bond donors (Lipinski definition) is 0. The van der Waals surface area contributed by atoms with Crippen LogP contribution in [0.3, 0.4) is 0 Å². The van der Waals surface area contributed by atoms with Crippen molar-refractivity contribution in [1.82, 2.24) is 0 Å². The fourth-order valence-electron chi connectivity index (χ4n) is 1.37. The van der Waals surface area contributed by atoms with Crippen molar-refractivity contribution >= 4 is 29.7 Å². The Balaban J connectivity index is 0. The molecule has 0 saturated heterocycles. The van der Waals surface area contributed by atoms with Crippen LogP contribution < -0.4 is 0 Å². The van der Waals surface area contributed by atoms with Gasteiger partial charge in [0.2, 0.25) is 0 Å². The van der Waals surface area contributed by atoms with Gasteiger partial charge in [0.25, 0.3) is 0 Å². The average molecular weight is 363 g/mol. The van der Waals surface area contributed by atoms with Gasteiger partial charge in [-0.15, -0.1) is 0 Å². The third kappa shape index (κ3) is 15.6. The van der Waals surface area contributed by atoms with Crippen LogP contribution in [0.2, 0.25) is 0 Å². The van der Waals surface area contributed by atoms with Crippen LogP contribution in [0.1, 0.15) is 53.4 Å². The van der Waals surface area contributed by atoms with E-state index in [1.807, 2.05) is 0 Å². The summed E-state index contributed by atoms with van der Waals surface area (Å²) in [6, 6.07) is 0. The van der Waals surface area contributed by atoms with Gasteiger partial charge in [0.15, 0.2) is 0 Å². The van der Waals surface area contributed by atoms with Crippen LogP contribution in [-0.4, -0.2) is 13.2 Å². The summed E-state index contributed by atoms with van der Waals surface area (Å²) in [5, 5.41) is 0. The van der Waals surface area contributed by atoms with Gasteiger partial charge in [-0.05, 0) is 37.5 Å². The van der Waals surface area contributed by atoms with Crippen molar-refractivity contribution in [2.45, 2.75) is 53.4 Å². The monoisotopic (exact) mass is 361 g/mol. The first kappa shape index (κ1) is 21.8. The van der Waals surface area contributed by atoms with E-state index >= 15 is 0 Å². The maximum atomic E-state index is 5.51. The summed E-state index contributed by atoms with van der Waals surface area (Å²) in [6.45, 7) is 10.1.